The summed E-state index contributed by atoms with van der Waals surface area (Å²) in [7, 11) is 0. The van der Waals surface area contributed by atoms with Crippen LogP contribution in [-0.4, -0.2) is 10.3 Å². The Labute approximate surface area is 272 Å². The summed E-state index contributed by atoms with van der Waals surface area (Å²) in [4.78, 5) is 0. The molecule has 0 fully saturated rings. The minimum absolute atomic E-state index is 0. The maximum absolute atomic E-state index is 2.51. The van der Waals surface area contributed by atoms with Crippen molar-refractivity contribution in [3.05, 3.63) is 42.7 Å². The molecule has 0 radical (unpaired) electrons. The van der Waals surface area contributed by atoms with E-state index in [0.717, 1.165) is 12.4 Å². The van der Waals surface area contributed by atoms with Crippen LogP contribution in [0.2, 0.25) is 0 Å². The van der Waals surface area contributed by atoms with Crippen LogP contribution in [0.25, 0.3) is 11.4 Å². The molecule has 0 atom stereocenters. The van der Waals surface area contributed by atoms with Crippen LogP contribution < -0.4 is 17.0 Å². The highest BCUT2D eigenvalue weighted by Gasteiger charge is 2.18. The second-order valence-electron chi connectivity index (χ2n) is 12.5. The van der Waals surface area contributed by atoms with Gasteiger partial charge < -0.3 is 12.4 Å². The van der Waals surface area contributed by atoms with Crippen LogP contribution in [0.15, 0.2) is 42.7 Å². The van der Waals surface area contributed by atoms with Crippen molar-refractivity contribution >= 4 is 11.8 Å². The van der Waals surface area contributed by atoms with E-state index in [-0.39, 0.29) is 12.4 Å². The minimum Gasteiger partial charge on any atom is -1.00 e. The van der Waals surface area contributed by atoms with Gasteiger partial charge in [-0.05, 0) is 37.1 Å². The fourth-order valence-corrected chi connectivity index (χ4v) is 6.94. The van der Waals surface area contributed by atoms with Crippen molar-refractivity contribution in [1.29, 1.82) is 0 Å². The summed E-state index contributed by atoms with van der Waals surface area (Å²) < 4.78 is 4.99. The third kappa shape index (κ3) is 19.4. The molecule has 0 saturated carbocycles. The van der Waals surface area contributed by atoms with E-state index in [2.05, 4.69) is 77.5 Å². The number of benzene rings is 1. The highest BCUT2D eigenvalue weighted by molar-refractivity contribution is 7.98. The predicted octanol–water partition coefficient (Wildman–Crippen LogP) is 9.54. The van der Waals surface area contributed by atoms with Crippen molar-refractivity contribution in [2.45, 2.75) is 180 Å². The first-order chi connectivity index (χ1) is 20.4. The summed E-state index contributed by atoms with van der Waals surface area (Å²) in [5.41, 5.74) is 1.35. The molecule has 0 aliphatic heterocycles. The zero-order valence-electron chi connectivity index (χ0n) is 27.8. The van der Waals surface area contributed by atoms with Gasteiger partial charge in [-0.2, -0.15) is 0 Å². The van der Waals surface area contributed by atoms with Crippen LogP contribution >= 0.6 is 11.8 Å². The first kappa shape index (κ1) is 39.1. The average molecular weight is 619 g/mol. The second-order valence-corrected chi connectivity index (χ2v) is 13.5. The van der Waals surface area contributed by atoms with E-state index < -0.39 is 0 Å². The van der Waals surface area contributed by atoms with E-state index in [1.54, 1.807) is 0 Å². The van der Waals surface area contributed by atoms with Crippen LogP contribution in [0.3, 0.4) is 0 Å². The van der Waals surface area contributed by atoms with E-state index in [1.807, 2.05) is 0 Å². The molecule has 1 aromatic carbocycles. The zero-order chi connectivity index (χ0) is 29.1. The first-order valence-electron chi connectivity index (χ1n) is 18.1. The molecule has 0 N–H and O–H groups in total. The van der Waals surface area contributed by atoms with Crippen molar-refractivity contribution in [2.24, 2.45) is 0 Å². The van der Waals surface area contributed by atoms with E-state index >= 15 is 0 Å². The molecule has 0 aliphatic rings. The van der Waals surface area contributed by atoms with Crippen LogP contribution in [0.5, 0.6) is 0 Å². The zero-order valence-corrected chi connectivity index (χ0v) is 29.4. The lowest BCUT2D eigenvalue weighted by molar-refractivity contribution is -0.664. The maximum atomic E-state index is 2.51. The van der Waals surface area contributed by atoms with Gasteiger partial charge in [0.1, 0.15) is 18.3 Å². The molecular formula is C38H67ClN2S. The Morgan fingerprint density at radius 1 is 0.548 bits per heavy atom. The summed E-state index contributed by atoms with van der Waals surface area (Å²) in [6.45, 7) is 5.74. The third-order valence-electron chi connectivity index (χ3n) is 8.63. The molecular weight excluding hydrogens is 552 g/mol. The molecule has 0 amide bonds. The van der Waals surface area contributed by atoms with Gasteiger partial charge in [-0.25, -0.2) is 9.13 Å². The van der Waals surface area contributed by atoms with Crippen molar-refractivity contribution in [1.82, 2.24) is 4.57 Å². The molecule has 0 unspecified atom stereocenters. The predicted molar refractivity (Wildman–Crippen MR) is 185 cm³/mol. The molecule has 242 valence electrons. The molecule has 42 heavy (non-hydrogen) atoms. The molecule has 1 heterocycles. The number of imidazole rings is 1. The SMILES string of the molecule is CCCCCCCCCCCCCCCCSC[n+]1ccn(CCCCCCCCCCCC)c1-c1ccccc1.[Cl-]. The second kappa shape index (κ2) is 28.8. The van der Waals surface area contributed by atoms with Crippen LogP contribution in [0, 0.1) is 0 Å². The first-order valence-corrected chi connectivity index (χ1v) is 19.2. The Hall–Kier alpha value is -0.930. The number of halogens is 1. The number of rotatable bonds is 29. The number of aromatic nitrogens is 2. The molecule has 4 heteroatoms. The van der Waals surface area contributed by atoms with Crippen molar-refractivity contribution < 1.29 is 17.0 Å². The molecule has 0 spiro atoms. The summed E-state index contributed by atoms with van der Waals surface area (Å²) in [6, 6.07) is 11.0. The van der Waals surface area contributed by atoms with E-state index in [1.165, 1.54) is 171 Å². The van der Waals surface area contributed by atoms with Crippen LogP contribution in [0.1, 0.15) is 168 Å². The van der Waals surface area contributed by atoms with Crippen LogP contribution in [0.4, 0.5) is 0 Å². The number of aryl methyl sites for hydroxylation is 1. The molecule has 0 aliphatic carbocycles. The molecule has 2 rings (SSSR count). The summed E-state index contributed by atoms with van der Waals surface area (Å²) in [5.74, 6) is 3.73. The third-order valence-corrected chi connectivity index (χ3v) is 9.67. The Bertz CT molecular complexity index is 822. The van der Waals surface area contributed by atoms with Gasteiger partial charge in [0.2, 0.25) is 0 Å². The van der Waals surface area contributed by atoms with Gasteiger partial charge in [0.15, 0.2) is 0 Å². The number of hydrogen-bond acceptors (Lipinski definition) is 1. The van der Waals surface area contributed by atoms with E-state index in [9.17, 15) is 0 Å². The fraction of sp³-hybridized carbons (Fsp3) is 0.763. The lowest BCUT2D eigenvalue weighted by Gasteiger charge is -2.07. The number of unbranched alkanes of at least 4 members (excludes halogenated alkanes) is 22. The van der Waals surface area contributed by atoms with E-state index in [4.69, 9.17) is 0 Å². The summed E-state index contributed by atoms with van der Waals surface area (Å²) in [6.07, 6.45) is 38.7. The fourth-order valence-electron chi connectivity index (χ4n) is 6.00. The van der Waals surface area contributed by atoms with Gasteiger partial charge in [-0.3, -0.25) is 0 Å². The largest absolute Gasteiger partial charge is 1.00 e. The Kier molecular flexibility index (Phi) is 26.8. The van der Waals surface area contributed by atoms with Gasteiger partial charge in [-0.1, -0.05) is 167 Å². The quantitative estimate of drug-likeness (QED) is 0.0651. The topological polar surface area (TPSA) is 8.81 Å². The molecule has 2 nitrogen and oxygen atoms in total. The maximum Gasteiger partial charge on any atom is 0.289 e. The van der Waals surface area contributed by atoms with Gasteiger partial charge in [-0.15, -0.1) is 11.8 Å². The molecule has 2 aromatic rings. The summed E-state index contributed by atoms with van der Waals surface area (Å²) >= 11 is 2.11. The molecule has 0 bridgehead atoms. The van der Waals surface area contributed by atoms with Gasteiger partial charge in [0.25, 0.3) is 5.82 Å². The lowest BCUT2D eigenvalue weighted by atomic mass is 10.0. The Morgan fingerprint density at radius 3 is 1.45 bits per heavy atom. The minimum atomic E-state index is 0. The Balaban J connectivity index is 0.00000882. The average Bonchev–Trinajstić information content (AvgIpc) is 3.40. The number of thioether (sulfide) groups is 1. The highest BCUT2D eigenvalue weighted by atomic mass is 35.5. The van der Waals surface area contributed by atoms with Gasteiger partial charge in [0, 0.05) is 0 Å². The number of hydrogen-bond donors (Lipinski definition) is 0. The van der Waals surface area contributed by atoms with Gasteiger partial charge in [0.05, 0.1) is 12.1 Å². The summed E-state index contributed by atoms with van der Waals surface area (Å²) in [5, 5.41) is 0. The lowest BCUT2D eigenvalue weighted by Crippen LogP contribution is -3.00. The normalized spacial score (nSPS) is 11.2. The van der Waals surface area contributed by atoms with E-state index in [0.29, 0.717) is 0 Å². The molecule has 1 aromatic heterocycles. The van der Waals surface area contributed by atoms with Crippen molar-refractivity contribution in [3.63, 3.8) is 0 Å². The Morgan fingerprint density at radius 2 is 0.976 bits per heavy atom. The standard InChI is InChI=1S/C38H67N2S.ClH/c1-3-5-7-9-11-13-15-16-17-18-20-22-24-29-35-41-36-40-34-33-39(38(40)37-30-26-25-27-31-37)32-28-23-21-19-14-12-10-8-6-4-2;/h25-27,30-31,33-34H,3-24,28-29,32,35-36H2,1-2H3;1H/q+1;/p-1. The monoisotopic (exact) mass is 618 g/mol. The number of nitrogens with zero attached hydrogens (tertiary/aromatic N) is 2. The van der Waals surface area contributed by atoms with Crippen LogP contribution in [-0.2, 0) is 12.4 Å². The van der Waals surface area contributed by atoms with Crippen molar-refractivity contribution in [2.75, 3.05) is 5.75 Å². The highest BCUT2D eigenvalue weighted by Crippen LogP contribution is 2.19. The molecule has 0 saturated heterocycles. The van der Waals surface area contributed by atoms with Gasteiger partial charge >= 0.3 is 0 Å². The smallest absolute Gasteiger partial charge is 0.289 e. The van der Waals surface area contributed by atoms with Crippen molar-refractivity contribution in [3.8, 4) is 11.4 Å².